The third-order valence-corrected chi connectivity index (χ3v) is 7.30. The first-order valence-electron chi connectivity index (χ1n) is 10.2. The van der Waals surface area contributed by atoms with Gasteiger partial charge in [-0.25, -0.2) is 14.6 Å². The van der Waals surface area contributed by atoms with Crippen molar-refractivity contribution in [3.63, 3.8) is 0 Å². The SMILES string of the molecule is CC[C@H]1O[C@@H](n2nc(S[C@H]3CCC[C@@H]3O)c3c(N)ncnc32)[C@@H]2OC(C)(C)O[C@@H]21. The van der Waals surface area contributed by atoms with Crippen molar-refractivity contribution >= 4 is 28.6 Å². The highest BCUT2D eigenvalue weighted by Gasteiger charge is 2.56. The van der Waals surface area contributed by atoms with Gasteiger partial charge in [-0.2, -0.15) is 5.10 Å². The minimum atomic E-state index is -0.673. The van der Waals surface area contributed by atoms with Crippen molar-refractivity contribution < 1.29 is 19.3 Å². The van der Waals surface area contributed by atoms with Crippen LogP contribution in [0.2, 0.25) is 0 Å². The van der Waals surface area contributed by atoms with Gasteiger partial charge in [0.05, 0.1) is 17.6 Å². The molecule has 158 valence electrons. The Kier molecular flexibility index (Phi) is 4.74. The van der Waals surface area contributed by atoms with Crippen LogP contribution in [0, 0.1) is 0 Å². The number of nitrogen functional groups attached to an aromatic ring is 1. The van der Waals surface area contributed by atoms with E-state index in [9.17, 15) is 5.11 Å². The molecule has 29 heavy (non-hydrogen) atoms. The van der Waals surface area contributed by atoms with Gasteiger partial charge in [0.25, 0.3) is 0 Å². The van der Waals surface area contributed by atoms with E-state index in [-0.39, 0.29) is 29.7 Å². The molecule has 1 saturated carbocycles. The molecule has 3 fully saturated rings. The van der Waals surface area contributed by atoms with E-state index in [0.29, 0.717) is 16.9 Å². The molecule has 0 spiro atoms. The Morgan fingerprint density at radius 1 is 1.28 bits per heavy atom. The van der Waals surface area contributed by atoms with E-state index in [1.165, 1.54) is 6.33 Å². The van der Waals surface area contributed by atoms with Crippen LogP contribution in [-0.2, 0) is 14.2 Å². The maximum Gasteiger partial charge on any atom is 0.181 e. The normalized spacial score (nSPS) is 36.1. The first-order chi connectivity index (χ1) is 13.9. The molecular formula is C19H27N5O4S. The number of rotatable bonds is 4. The number of thioether (sulfide) groups is 1. The second-order valence-corrected chi connectivity index (χ2v) is 9.63. The van der Waals surface area contributed by atoms with Gasteiger partial charge < -0.3 is 25.1 Å². The van der Waals surface area contributed by atoms with Crippen molar-refractivity contribution in [2.24, 2.45) is 0 Å². The summed E-state index contributed by atoms with van der Waals surface area (Å²) < 4.78 is 20.3. The van der Waals surface area contributed by atoms with E-state index in [0.717, 1.165) is 30.7 Å². The first-order valence-corrected chi connectivity index (χ1v) is 11.1. The zero-order valence-corrected chi connectivity index (χ0v) is 17.6. The zero-order valence-electron chi connectivity index (χ0n) is 16.8. The number of fused-ring (bicyclic) bond motifs is 2. The van der Waals surface area contributed by atoms with Gasteiger partial charge in [0.2, 0.25) is 0 Å². The highest BCUT2D eigenvalue weighted by Crippen LogP contribution is 2.46. The molecule has 6 atom stereocenters. The van der Waals surface area contributed by atoms with E-state index in [1.807, 2.05) is 13.8 Å². The fraction of sp³-hybridized carbons (Fsp3) is 0.737. The molecule has 3 aliphatic rings. The van der Waals surface area contributed by atoms with Crippen LogP contribution in [0.5, 0.6) is 0 Å². The van der Waals surface area contributed by atoms with Crippen LogP contribution in [0.1, 0.15) is 52.7 Å². The average Bonchev–Trinajstić information content (AvgIpc) is 3.39. The van der Waals surface area contributed by atoms with E-state index in [4.69, 9.17) is 25.0 Å². The standard InChI is InChI=1S/C19H27N5O4S/c1-4-10-13-14(28-19(2,3)27-13)18(26-10)24-16-12(15(20)21-8-22-16)17(23-24)29-11-7-5-6-9(11)25/h8-11,13-14,18,25H,4-7H2,1-3H3,(H2,20,21,22)/t9-,10+,11-,13+,14+,18+/m0/s1. The van der Waals surface area contributed by atoms with Gasteiger partial charge in [-0.15, -0.1) is 0 Å². The second kappa shape index (κ2) is 7.05. The first kappa shape index (κ1) is 19.5. The second-order valence-electron chi connectivity index (χ2n) is 8.40. The third kappa shape index (κ3) is 3.21. The molecule has 5 rings (SSSR count). The summed E-state index contributed by atoms with van der Waals surface area (Å²) in [7, 11) is 0. The maximum absolute atomic E-state index is 10.3. The monoisotopic (exact) mass is 421 g/mol. The minimum absolute atomic E-state index is 0.0852. The minimum Gasteiger partial charge on any atom is -0.392 e. The Morgan fingerprint density at radius 2 is 2.07 bits per heavy atom. The summed E-state index contributed by atoms with van der Waals surface area (Å²) in [6, 6.07) is 0. The number of nitrogens with zero attached hydrogens (tertiary/aromatic N) is 4. The van der Waals surface area contributed by atoms with Gasteiger partial charge in [0, 0.05) is 5.25 Å². The average molecular weight is 422 g/mol. The van der Waals surface area contributed by atoms with Crippen molar-refractivity contribution in [2.75, 3.05) is 5.73 Å². The molecule has 4 heterocycles. The summed E-state index contributed by atoms with van der Waals surface area (Å²) >= 11 is 1.54. The molecule has 2 aromatic rings. The van der Waals surface area contributed by atoms with Crippen LogP contribution in [0.4, 0.5) is 5.82 Å². The number of aliphatic hydroxyl groups excluding tert-OH is 1. The molecule has 2 saturated heterocycles. The lowest BCUT2D eigenvalue weighted by Crippen LogP contribution is -2.28. The molecule has 1 aliphatic carbocycles. The van der Waals surface area contributed by atoms with Crippen molar-refractivity contribution in [2.45, 2.75) is 93.2 Å². The van der Waals surface area contributed by atoms with Gasteiger partial charge in [0.15, 0.2) is 17.7 Å². The van der Waals surface area contributed by atoms with Crippen LogP contribution in [-0.4, -0.2) is 60.3 Å². The zero-order chi connectivity index (χ0) is 20.3. The Morgan fingerprint density at radius 3 is 2.79 bits per heavy atom. The lowest BCUT2D eigenvalue weighted by molar-refractivity contribution is -0.197. The Bertz CT molecular complexity index is 921. The highest BCUT2D eigenvalue weighted by molar-refractivity contribution is 8.00. The molecule has 0 unspecified atom stereocenters. The smallest absolute Gasteiger partial charge is 0.181 e. The van der Waals surface area contributed by atoms with Crippen LogP contribution < -0.4 is 5.73 Å². The van der Waals surface area contributed by atoms with Gasteiger partial charge in [-0.05, 0) is 39.5 Å². The molecule has 0 bridgehead atoms. The van der Waals surface area contributed by atoms with Crippen molar-refractivity contribution in [1.82, 2.24) is 19.7 Å². The largest absolute Gasteiger partial charge is 0.392 e. The molecular weight excluding hydrogens is 394 g/mol. The summed E-state index contributed by atoms with van der Waals surface area (Å²) in [6.45, 7) is 5.90. The molecule has 10 heteroatoms. The van der Waals surface area contributed by atoms with Crippen molar-refractivity contribution in [1.29, 1.82) is 0 Å². The maximum atomic E-state index is 10.3. The lowest BCUT2D eigenvalue weighted by Gasteiger charge is -2.24. The molecule has 2 aliphatic heterocycles. The number of ether oxygens (including phenoxy) is 3. The van der Waals surface area contributed by atoms with Gasteiger partial charge in [0.1, 0.15) is 29.4 Å². The number of anilines is 1. The molecule has 3 N–H and O–H groups in total. The Balaban J connectivity index is 1.56. The number of aliphatic hydroxyl groups is 1. The molecule has 2 aromatic heterocycles. The number of hydrogen-bond donors (Lipinski definition) is 2. The van der Waals surface area contributed by atoms with Crippen molar-refractivity contribution in [3.05, 3.63) is 6.33 Å². The predicted octanol–water partition coefficient (Wildman–Crippen LogP) is 2.24. The van der Waals surface area contributed by atoms with Gasteiger partial charge >= 0.3 is 0 Å². The molecule has 9 nitrogen and oxygen atoms in total. The summed E-state index contributed by atoms with van der Waals surface area (Å²) in [5.74, 6) is -0.297. The van der Waals surface area contributed by atoms with E-state index >= 15 is 0 Å². The molecule has 0 radical (unpaired) electrons. The fourth-order valence-electron chi connectivity index (χ4n) is 4.60. The van der Waals surface area contributed by atoms with E-state index in [1.54, 1.807) is 16.4 Å². The summed E-state index contributed by atoms with van der Waals surface area (Å²) in [4.78, 5) is 8.62. The summed E-state index contributed by atoms with van der Waals surface area (Å²) in [5, 5.41) is 16.6. The third-order valence-electron chi connectivity index (χ3n) is 5.94. The van der Waals surface area contributed by atoms with E-state index in [2.05, 4.69) is 16.9 Å². The Hall–Kier alpha value is -1.46. The Labute approximate surface area is 173 Å². The van der Waals surface area contributed by atoms with Crippen LogP contribution in [0.15, 0.2) is 11.4 Å². The van der Waals surface area contributed by atoms with E-state index < -0.39 is 12.0 Å². The quantitative estimate of drug-likeness (QED) is 0.766. The van der Waals surface area contributed by atoms with Crippen LogP contribution >= 0.6 is 11.8 Å². The summed E-state index contributed by atoms with van der Waals surface area (Å²) in [6.07, 6.45) is 3.68. The highest BCUT2D eigenvalue weighted by atomic mass is 32.2. The number of hydrogen-bond acceptors (Lipinski definition) is 9. The van der Waals surface area contributed by atoms with Gasteiger partial charge in [-0.1, -0.05) is 18.7 Å². The van der Waals surface area contributed by atoms with Crippen LogP contribution in [0.3, 0.4) is 0 Å². The van der Waals surface area contributed by atoms with Crippen molar-refractivity contribution in [3.8, 4) is 0 Å². The molecule has 0 aromatic carbocycles. The lowest BCUT2D eigenvalue weighted by atomic mass is 10.1. The molecule has 0 amide bonds. The predicted molar refractivity (Wildman–Crippen MR) is 107 cm³/mol. The summed E-state index contributed by atoms with van der Waals surface area (Å²) in [5.41, 5.74) is 6.82. The topological polar surface area (TPSA) is 118 Å². The fourth-order valence-corrected chi connectivity index (χ4v) is 5.91. The number of nitrogens with two attached hydrogens (primary N) is 1. The number of aromatic nitrogens is 4. The van der Waals surface area contributed by atoms with Gasteiger partial charge in [-0.3, -0.25) is 0 Å². The van der Waals surface area contributed by atoms with Crippen LogP contribution in [0.25, 0.3) is 11.0 Å².